The van der Waals surface area contributed by atoms with Gasteiger partial charge < -0.3 is 10.2 Å². The first-order chi connectivity index (χ1) is 9.04. The predicted molar refractivity (Wildman–Crippen MR) is 81.3 cm³/mol. The quantitative estimate of drug-likeness (QED) is 0.875. The highest BCUT2D eigenvalue weighted by molar-refractivity contribution is 9.10. The fourth-order valence-corrected chi connectivity index (χ4v) is 3.43. The second-order valence-corrected chi connectivity index (χ2v) is 6.66. The van der Waals surface area contributed by atoms with Crippen LogP contribution in [-0.2, 0) is 4.79 Å². The van der Waals surface area contributed by atoms with Crippen LogP contribution in [0.3, 0.4) is 0 Å². The van der Waals surface area contributed by atoms with Crippen molar-refractivity contribution >= 4 is 27.5 Å². The molecule has 0 saturated carbocycles. The number of likely N-dealkylation sites (tertiary alicyclic amines) is 1. The highest BCUT2D eigenvalue weighted by atomic mass is 79.9. The third-order valence-corrected chi connectivity index (χ3v) is 4.33. The first-order valence-electron chi connectivity index (χ1n) is 6.92. The smallest absolute Gasteiger partial charge is 0.279 e. The van der Waals surface area contributed by atoms with Crippen molar-refractivity contribution in [2.75, 3.05) is 25.0 Å². The van der Waals surface area contributed by atoms with Gasteiger partial charge in [0.15, 0.2) is 6.54 Å². The number of amides is 1. The molecule has 0 bridgehead atoms. The van der Waals surface area contributed by atoms with E-state index in [9.17, 15) is 4.79 Å². The zero-order chi connectivity index (χ0) is 13.8. The lowest BCUT2D eigenvalue weighted by Crippen LogP contribution is -3.15. The Hall–Kier alpha value is -0.870. The van der Waals surface area contributed by atoms with Crippen LogP contribution < -0.4 is 10.2 Å². The number of hydrogen-bond acceptors (Lipinski definition) is 1. The van der Waals surface area contributed by atoms with Crippen LogP contribution in [0.15, 0.2) is 28.7 Å². The normalized spacial score (nSPS) is 27.0. The minimum Gasteiger partial charge on any atom is -0.327 e. The number of anilines is 1. The molecule has 104 valence electrons. The molecule has 19 heavy (non-hydrogen) atoms. The molecular weight excluding hydrogens is 304 g/mol. The molecule has 1 unspecified atom stereocenters. The van der Waals surface area contributed by atoms with Crippen LogP contribution in [0.4, 0.5) is 5.69 Å². The molecule has 4 heteroatoms. The van der Waals surface area contributed by atoms with Crippen LogP contribution in [-0.4, -0.2) is 25.5 Å². The third kappa shape index (κ3) is 4.32. The lowest BCUT2D eigenvalue weighted by atomic mass is 9.92. The van der Waals surface area contributed by atoms with Gasteiger partial charge in [0.1, 0.15) is 0 Å². The zero-order valence-electron chi connectivity index (χ0n) is 11.6. The Morgan fingerprint density at radius 3 is 2.58 bits per heavy atom. The van der Waals surface area contributed by atoms with Crippen molar-refractivity contribution in [3.05, 3.63) is 28.7 Å². The molecule has 3 atom stereocenters. The summed E-state index contributed by atoms with van der Waals surface area (Å²) in [7, 11) is 0. The van der Waals surface area contributed by atoms with Crippen LogP contribution in [0.2, 0.25) is 0 Å². The molecule has 1 aliphatic heterocycles. The van der Waals surface area contributed by atoms with Crippen molar-refractivity contribution in [2.24, 2.45) is 11.8 Å². The van der Waals surface area contributed by atoms with Gasteiger partial charge in [-0.2, -0.15) is 0 Å². The average Bonchev–Trinajstić information content (AvgIpc) is 2.30. The van der Waals surface area contributed by atoms with E-state index in [0.29, 0.717) is 6.54 Å². The zero-order valence-corrected chi connectivity index (χ0v) is 13.2. The van der Waals surface area contributed by atoms with Crippen LogP contribution in [0.1, 0.15) is 20.3 Å². The summed E-state index contributed by atoms with van der Waals surface area (Å²) in [5.74, 6) is 1.54. The van der Waals surface area contributed by atoms with Gasteiger partial charge in [-0.25, -0.2) is 0 Å². The van der Waals surface area contributed by atoms with E-state index in [1.54, 1.807) is 0 Å². The summed E-state index contributed by atoms with van der Waals surface area (Å²) in [6.07, 6.45) is 1.29. The number of quaternary nitrogens is 1. The molecule has 1 heterocycles. The van der Waals surface area contributed by atoms with Gasteiger partial charge in [0.25, 0.3) is 5.91 Å². The molecule has 2 N–H and O–H groups in total. The number of halogens is 1. The number of carbonyl (C=O) groups excluding carboxylic acids is 1. The van der Waals surface area contributed by atoms with E-state index in [4.69, 9.17) is 0 Å². The number of hydrogen-bond donors (Lipinski definition) is 2. The molecule has 3 nitrogen and oxygen atoms in total. The maximum Gasteiger partial charge on any atom is 0.279 e. The first kappa shape index (κ1) is 14.5. The number of benzene rings is 1. The van der Waals surface area contributed by atoms with Gasteiger partial charge >= 0.3 is 0 Å². The number of para-hydroxylation sites is 1. The van der Waals surface area contributed by atoms with Crippen LogP contribution >= 0.6 is 15.9 Å². The molecule has 0 spiro atoms. The monoisotopic (exact) mass is 325 g/mol. The lowest BCUT2D eigenvalue weighted by molar-refractivity contribution is -0.904. The largest absolute Gasteiger partial charge is 0.327 e. The summed E-state index contributed by atoms with van der Waals surface area (Å²) >= 11 is 3.45. The SMILES string of the molecule is C[C@@H]1C[C@H](C)C[NH+](CC(=O)Nc2ccccc2Br)C1. The van der Waals surface area contributed by atoms with Crippen LogP contribution in [0.5, 0.6) is 0 Å². The summed E-state index contributed by atoms with van der Waals surface area (Å²) < 4.78 is 0.929. The molecule has 1 amide bonds. The topological polar surface area (TPSA) is 33.5 Å². The average molecular weight is 326 g/mol. The van der Waals surface area contributed by atoms with Gasteiger partial charge in [0, 0.05) is 16.3 Å². The maximum absolute atomic E-state index is 12.1. The fourth-order valence-electron chi connectivity index (χ4n) is 3.05. The number of nitrogens with one attached hydrogen (secondary N) is 2. The molecule has 1 aliphatic rings. The van der Waals surface area contributed by atoms with Gasteiger partial charge in [-0.3, -0.25) is 4.79 Å². The van der Waals surface area contributed by atoms with Crippen LogP contribution in [0.25, 0.3) is 0 Å². The second kappa shape index (κ2) is 6.53. The molecule has 2 rings (SSSR count). The maximum atomic E-state index is 12.1. The fraction of sp³-hybridized carbons (Fsp3) is 0.533. The van der Waals surface area contributed by atoms with E-state index < -0.39 is 0 Å². The molecule has 0 radical (unpaired) electrons. The van der Waals surface area contributed by atoms with Gasteiger partial charge in [0.05, 0.1) is 18.8 Å². The van der Waals surface area contributed by atoms with E-state index in [1.807, 2.05) is 24.3 Å². The summed E-state index contributed by atoms with van der Waals surface area (Å²) in [5, 5.41) is 2.98. The lowest BCUT2D eigenvalue weighted by Gasteiger charge is -2.31. The Morgan fingerprint density at radius 2 is 1.95 bits per heavy atom. The van der Waals surface area contributed by atoms with Gasteiger partial charge in [0.2, 0.25) is 0 Å². The number of carbonyl (C=O) groups is 1. The number of rotatable bonds is 3. The summed E-state index contributed by atoms with van der Waals surface area (Å²) in [4.78, 5) is 13.5. The minimum absolute atomic E-state index is 0.100. The summed E-state index contributed by atoms with van der Waals surface area (Å²) in [6, 6.07) is 7.73. The molecule has 1 aromatic rings. The third-order valence-electron chi connectivity index (χ3n) is 3.64. The van der Waals surface area contributed by atoms with Crippen molar-refractivity contribution in [3.8, 4) is 0 Å². The summed E-state index contributed by atoms with van der Waals surface area (Å²) in [6.45, 7) is 7.33. The molecule has 1 saturated heterocycles. The van der Waals surface area contributed by atoms with Crippen molar-refractivity contribution in [3.63, 3.8) is 0 Å². The van der Waals surface area contributed by atoms with Crippen LogP contribution in [0, 0.1) is 11.8 Å². The van der Waals surface area contributed by atoms with E-state index in [1.165, 1.54) is 11.3 Å². The molecule has 0 aromatic heterocycles. The Bertz CT molecular complexity index is 440. The Morgan fingerprint density at radius 1 is 1.32 bits per heavy atom. The van der Waals surface area contributed by atoms with E-state index in [2.05, 4.69) is 35.1 Å². The Balaban J connectivity index is 1.89. The van der Waals surface area contributed by atoms with E-state index >= 15 is 0 Å². The van der Waals surface area contributed by atoms with Crippen molar-refractivity contribution < 1.29 is 9.69 Å². The minimum atomic E-state index is 0.100. The molecular formula is C15H22BrN2O+. The van der Waals surface area contributed by atoms with Crippen molar-refractivity contribution in [2.45, 2.75) is 20.3 Å². The molecule has 1 fully saturated rings. The molecule has 0 aliphatic carbocycles. The van der Waals surface area contributed by atoms with E-state index in [-0.39, 0.29) is 5.91 Å². The van der Waals surface area contributed by atoms with Crippen molar-refractivity contribution in [1.29, 1.82) is 0 Å². The highest BCUT2D eigenvalue weighted by Gasteiger charge is 2.26. The summed E-state index contributed by atoms with van der Waals surface area (Å²) in [5.41, 5.74) is 0.852. The number of piperidine rings is 1. The highest BCUT2D eigenvalue weighted by Crippen LogP contribution is 2.20. The van der Waals surface area contributed by atoms with Gasteiger partial charge in [-0.15, -0.1) is 0 Å². The predicted octanol–water partition coefficient (Wildman–Crippen LogP) is 1.95. The van der Waals surface area contributed by atoms with Crippen molar-refractivity contribution in [1.82, 2.24) is 0 Å². The standard InChI is InChI=1S/C15H21BrN2O/c1-11-7-12(2)9-18(8-11)10-15(19)17-14-6-4-3-5-13(14)16/h3-6,11-12H,7-10H2,1-2H3,(H,17,19)/p+1/t11-,12+. The first-order valence-corrected chi connectivity index (χ1v) is 7.72. The van der Waals surface area contributed by atoms with E-state index in [0.717, 1.165) is 35.1 Å². The van der Waals surface area contributed by atoms with Gasteiger partial charge in [-0.05, 0) is 34.5 Å². The second-order valence-electron chi connectivity index (χ2n) is 5.81. The Kier molecular flexibility index (Phi) is 4.99. The van der Waals surface area contributed by atoms with Gasteiger partial charge in [-0.1, -0.05) is 26.0 Å². The molecule has 1 aromatic carbocycles. The Labute approximate surface area is 123 Å².